The molecule has 3 unspecified atom stereocenters. The fraction of sp³-hybridized carbons (Fsp3) is 0.268. The molecule has 0 spiro atoms. The van der Waals surface area contributed by atoms with Crippen LogP contribution in [0.25, 0.3) is 11.0 Å². The molecule has 0 saturated heterocycles. The number of para-hydroxylation sites is 3. The van der Waals surface area contributed by atoms with E-state index in [9.17, 15) is 83.1 Å². The van der Waals surface area contributed by atoms with Crippen molar-refractivity contribution in [1.82, 2.24) is 62.4 Å². The van der Waals surface area contributed by atoms with Gasteiger partial charge in [-0.2, -0.15) is 0 Å². The van der Waals surface area contributed by atoms with Crippen LogP contribution >= 0.6 is 0 Å². The number of carboxylic acids is 3. The number of nitro groups is 3. The predicted octanol–water partition coefficient (Wildman–Crippen LogP) is 4.09. The van der Waals surface area contributed by atoms with Crippen LogP contribution in [0.1, 0.15) is 95.4 Å². The number of aromatic nitrogens is 3. The number of hydrogen-bond acceptors (Lipinski definition) is 24. The highest BCUT2D eigenvalue weighted by molar-refractivity contribution is 5.99. The number of anilines is 1. The molecule has 37 nitrogen and oxygen atoms in total. The SMILES string of the molecule is CCN(CC)c1ccc2cc(C(=O)NCC(=O)NC(CC(=O)NCc3ccccn3)c3ccccc3[N+](=O)[O-])c(=O)oc2c1.O=C(O)CN(CC(=O)O)CC(=O)NC(CC(=O)NCc1ccccn1)c1ccccc1[N+](=O)[O-].O=C(O)CNCC(=O)NC(CC(=O)NCc1ccccn1)c1ccccc1[N+](=O)[O-]. The lowest BCUT2D eigenvalue weighted by Crippen LogP contribution is -2.44. The summed E-state index contributed by atoms with van der Waals surface area (Å²) in [5.74, 6) is -8.22. The number of carbonyl (C=O) groups is 10. The molecule has 566 valence electrons. The van der Waals surface area contributed by atoms with Crippen LogP contribution in [0.2, 0.25) is 0 Å². The summed E-state index contributed by atoms with van der Waals surface area (Å²) in [5.41, 5.74) is 1.38. The zero-order valence-corrected chi connectivity index (χ0v) is 58.1. The van der Waals surface area contributed by atoms with Gasteiger partial charge in [0.2, 0.25) is 35.4 Å². The smallest absolute Gasteiger partial charge is 0.349 e. The molecule has 7 amide bonds. The number of benzene rings is 4. The van der Waals surface area contributed by atoms with E-state index in [1.807, 2.05) is 19.9 Å². The van der Waals surface area contributed by atoms with Gasteiger partial charge in [-0.1, -0.05) is 72.8 Å². The van der Waals surface area contributed by atoms with Crippen molar-refractivity contribution in [3.05, 3.63) is 250 Å². The number of carbonyl (C=O) groups excluding carboxylic acids is 7. The summed E-state index contributed by atoms with van der Waals surface area (Å²) < 4.78 is 5.40. The Morgan fingerprint density at radius 3 is 1.21 bits per heavy atom. The van der Waals surface area contributed by atoms with Gasteiger partial charge in [0.1, 0.15) is 11.1 Å². The van der Waals surface area contributed by atoms with E-state index in [2.05, 4.69) is 62.4 Å². The van der Waals surface area contributed by atoms with E-state index in [0.29, 0.717) is 28.1 Å². The monoisotopic (exact) mass is 1490 g/mol. The molecule has 0 aliphatic carbocycles. The van der Waals surface area contributed by atoms with Crippen molar-refractivity contribution in [3.8, 4) is 0 Å². The van der Waals surface area contributed by atoms with Crippen molar-refractivity contribution >= 4 is 93.0 Å². The Morgan fingerprint density at radius 1 is 0.454 bits per heavy atom. The van der Waals surface area contributed by atoms with E-state index < -0.39 is 131 Å². The fourth-order valence-corrected chi connectivity index (χ4v) is 10.5. The van der Waals surface area contributed by atoms with Gasteiger partial charge in [0.15, 0.2) is 0 Å². The third-order valence-electron chi connectivity index (χ3n) is 15.4. The first-order valence-corrected chi connectivity index (χ1v) is 33.0. The maximum absolute atomic E-state index is 12.9. The Morgan fingerprint density at radius 2 is 0.843 bits per heavy atom. The quantitative estimate of drug-likeness (QED) is 0.0148. The molecule has 108 heavy (non-hydrogen) atoms. The molecule has 0 radical (unpaired) electrons. The highest BCUT2D eigenvalue weighted by atomic mass is 16.6. The van der Waals surface area contributed by atoms with E-state index in [4.69, 9.17) is 19.7 Å². The molecular formula is C71H76N16O21. The highest BCUT2D eigenvalue weighted by Crippen LogP contribution is 2.30. The van der Waals surface area contributed by atoms with Crippen LogP contribution in [-0.4, -0.2) is 162 Å². The van der Waals surface area contributed by atoms with Crippen molar-refractivity contribution in [2.75, 3.05) is 57.3 Å². The Labute approximate surface area is 614 Å². The van der Waals surface area contributed by atoms with Crippen LogP contribution < -0.4 is 53.1 Å². The number of fused-ring (bicyclic) bond motifs is 1. The lowest BCUT2D eigenvalue weighted by Gasteiger charge is -2.22. The van der Waals surface area contributed by atoms with Crippen molar-refractivity contribution in [2.24, 2.45) is 0 Å². The number of hydrogen-bond donors (Lipinski definition) is 11. The molecule has 0 bridgehead atoms. The second-order valence-electron chi connectivity index (χ2n) is 23.2. The summed E-state index contributed by atoms with van der Waals surface area (Å²) in [4.78, 5) is 181. The van der Waals surface area contributed by atoms with Crippen LogP contribution in [0.15, 0.2) is 179 Å². The maximum atomic E-state index is 12.9. The minimum absolute atomic E-state index is 0.0665. The van der Waals surface area contributed by atoms with Gasteiger partial charge in [0.25, 0.3) is 23.0 Å². The second-order valence-corrected chi connectivity index (χ2v) is 23.2. The van der Waals surface area contributed by atoms with Crippen LogP contribution in [0, 0.1) is 30.3 Å². The van der Waals surface area contributed by atoms with Gasteiger partial charge in [0, 0.05) is 67.0 Å². The zero-order chi connectivity index (χ0) is 78.7. The molecular weight excluding hydrogens is 1410 g/mol. The summed E-state index contributed by atoms with van der Waals surface area (Å²) in [6.07, 6.45) is 3.79. The molecule has 0 aliphatic rings. The van der Waals surface area contributed by atoms with E-state index in [1.54, 1.807) is 97.5 Å². The Bertz CT molecular complexity index is 4540. The standard InChI is InChI=1S/C31H32N6O7.C21H23N5O8.C19H21N5O6/c1-3-36(4-2)22-13-12-20-15-24(31(41)44-27(20)16-22)30(40)34-19-29(39)35-25(23-10-5-6-11-26(23)37(42)43)17-28(38)33-18-21-9-7-8-14-32-21;27-18(23-10-14-5-3-4-8-22-14)9-16(15-6-1-2-7-17(15)26(33)34)24-19(28)11-25(12-20(29)30)13-21(31)32;25-17(22-10-13-5-3-4-8-21-13)9-15(23-18(26)11-20-12-19(27)28)14-6-1-2-7-16(14)24(29)30/h5-16,25H,3-4,17-19H2,1-2H3,(H,33,38)(H,34,40)(H,35,39);1-8,16H,9-13H2,(H,23,27)(H,24,28)(H,29,30)(H,31,32);1-8,15,20H,9-12H2,(H,22,25)(H,23,26)(H,27,28). The first-order valence-electron chi connectivity index (χ1n) is 33.0. The molecule has 3 atom stereocenters. The predicted molar refractivity (Wildman–Crippen MR) is 385 cm³/mol. The largest absolute Gasteiger partial charge is 0.480 e. The number of aliphatic carboxylic acids is 3. The topological polar surface area (TPSA) is 532 Å². The summed E-state index contributed by atoms with van der Waals surface area (Å²) in [5, 5.41) is 82.0. The molecule has 4 heterocycles. The van der Waals surface area contributed by atoms with Gasteiger partial charge >= 0.3 is 23.5 Å². The average molecular weight is 1490 g/mol. The molecule has 8 aromatic rings. The lowest BCUT2D eigenvalue weighted by atomic mass is 10.0. The summed E-state index contributed by atoms with van der Waals surface area (Å²) >= 11 is 0. The minimum Gasteiger partial charge on any atom is -0.480 e. The number of nitrogens with one attached hydrogen (secondary N) is 8. The van der Waals surface area contributed by atoms with Crippen LogP contribution in [0.3, 0.4) is 0 Å². The van der Waals surface area contributed by atoms with Crippen molar-refractivity contribution in [2.45, 2.75) is 70.9 Å². The van der Waals surface area contributed by atoms with Crippen molar-refractivity contribution in [1.29, 1.82) is 0 Å². The molecule has 8 rings (SSSR count). The number of carboxylic acid groups (broad SMARTS) is 3. The van der Waals surface area contributed by atoms with Gasteiger partial charge in [-0.15, -0.1) is 0 Å². The summed E-state index contributed by atoms with van der Waals surface area (Å²) in [6, 6.07) is 36.2. The highest BCUT2D eigenvalue weighted by Gasteiger charge is 2.30. The van der Waals surface area contributed by atoms with Gasteiger partial charge in [-0.05, 0) is 68.4 Å². The molecule has 4 aromatic heterocycles. The maximum Gasteiger partial charge on any atom is 0.349 e. The Hall–Kier alpha value is -13.8. The third kappa shape index (κ3) is 27.7. The van der Waals surface area contributed by atoms with Gasteiger partial charge in [-0.3, -0.25) is 103 Å². The van der Waals surface area contributed by atoms with Gasteiger partial charge < -0.3 is 61.9 Å². The second kappa shape index (κ2) is 42.7. The average Bonchev–Trinajstić information content (AvgIpc) is 0.807. The lowest BCUT2D eigenvalue weighted by molar-refractivity contribution is -0.385. The molecule has 4 aromatic carbocycles. The minimum atomic E-state index is -1.34. The van der Waals surface area contributed by atoms with E-state index in [1.165, 1.54) is 66.7 Å². The normalized spacial score (nSPS) is 11.4. The van der Waals surface area contributed by atoms with Crippen LogP contribution in [0.4, 0.5) is 22.7 Å². The molecule has 0 aliphatic heterocycles. The summed E-state index contributed by atoms with van der Waals surface area (Å²) in [6.45, 7) is 2.61. The van der Waals surface area contributed by atoms with E-state index in [-0.39, 0.29) is 84.8 Å². The number of rotatable bonds is 37. The van der Waals surface area contributed by atoms with E-state index >= 15 is 0 Å². The third-order valence-corrected chi connectivity index (χ3v) is 15.4. The van der Waals surface area contributed by atoms with Gasteiger partial charge in [0.05, 0.1) is 145 Å². The fourth-order valence-electron chi connectivity index (χ4n) is 10.5. The van der Waals surface area contributed by atoms with Crippen LogP contribution in [0.5, 0.6) is 0 Å². The molecule has 37 heteroatoms. The number of pyridine rings is 3. The van der Waals surface area contributed by atoms with Crippen molar-refractivity contribution < 1.29 is 82.5 Å². The Kier molecular flexibility index (Phi) is 32.8. The number of nitrogens with zero attached hydrogens (tertiary/aromatic N) is 8. The molecule has 0 saturated carbocycles. The number of amides is 7. The first kappa shape index (κ1) is 83.1. The van der Waals surface area contributed by atoms with Crippen LogP contribution in [-0.2, 0) is 62.8 Å². The molecule has 0 fully saturated rings. The zero-order valence-electron chi connectivity index (χ0n) is 58.1. The summed E-state index contributed by atoms with van der Waals surface area (Å²) in [7, 11) is 0. The van der Waals surface area contributed by atoms with Crippen molar-refractivity contribution in [3.63, 3.8) is 0 Å². The molecule has 11 N–H and O–H groups in total. The first-order chi connectivity index (χ1) is 51.7. The van der Waals surface area contributed by atoms with E-state index in [0.717, 1.165) is 23.7 Å². The van der Waals surface area contributed by atoms with Gasteiger partial charge in [-0.25, -0.2) is 4.79 Å². The Balaban J connectivity index is 0.000000259. The number of nitro benzene ring substituents is 3.